The Balaban J connectivity index is 3.31. The van der Waals surface area contributed by atoms with E-state index < -0.39 is 48.5 Å². The molecule has 174 valence electrons. The summed E-state index contributed by atoms with van der Waals surface area (Å²) in [5, 5.41) is 0. The lowest BCUT2D eigenvalue weighted by molar-refractivity contribution is -0.419. The van der Waals surface area contributed by atoms with Gasteiger partial charge in [-0.25, -0.2) is 0 Å². The van der Waals surface area contributed by atoms with Crippen LogP contribution in [-0.4, -0.2) is 37.3 Å². The molecule has 0 aliphatic carbocycles. The summed E-state index contributed by atoms with van der Waals surface area (Å²) in [6, 6.07) is 3.00. The van der Waals surface area contributed by atoms with E-state index in [9.17, 15) is 48.3 Å². The van der Waals surface area contributed by atoms with Gasteiger partial charge in [-0.1, -0.05) is 37.6 Å². The number of aryl methyl sites for hydroxylation is 1. The van der Waals surface area contributed by atoms with E-state index in [-0.39, 0.29) is 0 Å². The topological polar surface area (TPSA) is 18.5 Å². The average molecular weight is 462 g/mol. The van der Waals surface area contributed by atoms with Crippen LogP contribution in [0, 0.1) is 0 Å². The second kappa shape index (κ2) is 8.85. The van der Waals surface area contributed by atoms with E-state index in [1.807, 2.05) is 0 Å². The molecular weight excluding hydrogens is 445 g/mol. The van der Waals surface area contributed by atoms with E-state index in [0.717, 1.165) is 12.1 Å². The third-order valence-corrected chi connectivity index (χ3v) is 3.95. The van der Waals surface area contributed by atoms with Crippen LogP contribution in [0.4, 0.5) is 48.3 Å². The van der Waals surface area contributed by atoms with Crippen molar-refractivity contribution in [3.8, 4) is 0 Å². The van der Waals surface area contributed by atoms with Crippen molar-refractivity contribution in [2.45, 2.75) is 63.0 Å². The van der Waals surface area contributed by atoms with Crippen molar-refractivity contribution in [1.29, 1.82) is 0 Å². The molecule has 1 atom stereocenters. The number of ether oxygens (including phenoxy) is 2. The van der Waals surface area contributed by atoms with Crippen molar-refractivity contribution in [1.82, 2.24) is 0 Å². The molecular formula is C17H17F11O2. The maximum Gasteiger partial charge on any atom is 0.455 e. The number of hydrogen-bond donors (Lipinski definition) is 0. The Morgan fingerprint density at radius 3 is 1.60 bits per heavy atom. The first-order valence-electron chi connectivity index (χ1n) is 8.36. The standard InChI is InChI=1S/C17H17F11O2/c1-3-4-11-5-7-12(8-6-11)14(16(23,24)25,17(26,27)28)30-10(2)29-9-13(18,19)15(20,21)22/h5-8,10H,3-4,9H2,1-2H3. The van der Waals surface area contributed by atoms with Crippen molar-refractivity contribution in [3.63, 3.8) is 0 Å². The highest BCUT2D eigenvalue weighted by Gasteiger charge is 2.74. The first-order valence-corrected chi connectivity index (χ1v) is 8.36. The van der Waals surface area contributed by atoms with Gasteiger partial charge in [0, 0.05) is 5.56 Å². The predicted molar refractivity (Wildman–Crippen MR) is 81.7 cm³/mol. The van der Waals surface area contributed by atoms with Gasteiger partial charge < -0.3 is 9.47 Å². The van der Waals surface area contributed by atoms with Crippen LogP contribution in [0.25, 0.3) is 0 Å². The molecule has 2 nitrogen and oxygen atoms in total. The van der Waals surface area contributed by atoms with Gasteiger partial charge in [-0.15, -0.1) is 0 Å². The fourth-order valence-electron chi connectivity index (χ4n) is 2.47. The Hall–Kier alpha value is -1.63. The Morgan fingerprint density at radius 1 is 0.767 bits per heavy atom. The second-order valence-electron chi connectivity index (χ2n) is 6.32. The normalized spacial score (nSPS) is 15.4. The molecule has 0 radical (unpaired) electrons. The van der Waals surface area contributed by atoms with Gasteiger partial charge in [-0.05, 0) is 18.9 Å². The molecule has 0 aliphatic heterocycles. The number of alkyl halides is 11. The first kappa shape index (κ1) is 26.4. The summed E-state index contributed by atoms with van der Waals surface area (Å²) in [5.74, 6) is -5.51. The van der Waals surface area contributed by atoms with Gasteiger partial charge in [0.05, 0.1) is 0 Å². The van der Waals surface area contributed by atoms with Crippen molar-refractivity contribution >= 4 is 0 Å². The largest absolute Gasteiger partial charge is 0.455 e. The highest BCUT2D eigenvalue weighted by atomic mass is 19.4. The van der Waals surface area contributed by atoms with Crippen molar-refractivity contribution in [2.24, 2.45) is 0 Å². The fourth-order valence-corrected chi connectivity index (χ4v) is 2.47. The van der Waals surface area contributed by atoms with Crippen LogP contribution in [0.5, 0.6) is 0 Å². The van der Waals surface area contributed by atoms with E-state index in [0.29, 0.717) is 37.5 Å². The van der Waals surface area contributed by atoms with Gasteiger partial charge in [0.15, 0.2) is 6.29 Å². The second-order valence-corrected chi connectivity index (χ2v) is 6.32. The lowest BCUT2D eigenvalue weighted by Gasteiger charge is -2.39. The van der Waals surface area contributed by atoms with Crippen LogP contribution in [0.15, 0.2) is 24.3 Å². The summed E-state index contributed by atoms with van der Waals surface area (Å²) in [6.45, 7) is -0.453. The minimum Gasteiger partial charge on any atom is -0.346 e. The fraction of sp³-hybridized carbons (Fsp3) is 0.647. The van der Waals surface area contributed by atoms with Crippen LogP contribution in [0.1, 0.15) is 31.4 Å². The molecule has 0 bridgehead atoms. The molecule has 1 aromatic carbocycles. The van der Waals surface area contributed by atoms with E-state index in [4.69, 9.17) is 0 Å². The molecule has 0 aromatic heterocycles. The summed E-state index contributed by atoms with van der Waals surface area (Å²) >= 11 is 0. The van der Waals surface area contributed by atoms with Gasteiger partial charge in [0.2, 0.25) is 0 Å². The Morgan fingerprint density at radius 2 is 1.23 bits per heavy atom. The summed E-state index contributed by atoms with van der Waals surface area (Å²) in [6.07, 6.45) is -20.2. The third kappa shape index (κ3) is 5.54. The predicted octanol–water partition coefficient (Wildman–Crippen LogP) is 6.54. The minimum atomic E-state index is -6.15. The van der Waals surface area contributed by atoms with Crippen LogP contribution in [0.3, 0.4) is 0 Å². The molecule has 0 saturated carbocycles. The van der Waals surface area contributed by atoms with Gasteiger partial charge in [-0.3, -0.25) is 0 Å². The van der Waals surface area contributed by atoms with E-state index in [2.05, 4.69) is 9.47 Å². The molecule has 30 heavy (non-hydrogen) atoms. The molecule has 0 N–H and O–H groups in total. The maximum atomic E-state index is 13.6. The Labute approximate surface area is 163 Å². The Bertz CT molecular complexity index is 661. The van der Waals surface area contributed by atoms with Gasteiger partial charge in [0.25, 0.3) is 5.60 Å². The highest BCUT2D eigenvalue weighted by molar-refractivity contribution is 5.31. The zero-order valence-corrected chi connectivity index (χ0v) is 15.5. The molecule has 0 saturated heterocycles. The molecule has 0 fully saturated rings. The monoisotopic (exact) mass is 462 g/mol. The van der Waals surface area contributed by atoms with Crippen LogP contribution >= 0.6 is 0 Å². The van der Waals surface area contributed by atoms with E-state index in [1.54, 1.807) is 6.92 Å². The number of halogens is 11. The molecule has 1 unspecified atom stereocenters. The number of rotatable bonds is 8. The smallest absolute Gasteiger partial charge is 0.346 e. The van der Waals surface area contributed by atoms with Crippen LogP contribution < -0.4 is 0 Å². The summed E-state index contributed by atoms with van der Waals surface area (Å²) in [7, 11) is 0. The van der Waals surface area contributed by atoms with Crippen LogP contribution in [-0.2, 0) is 21.5 Å². The summed E-state index contributed by atoms with van der Waals surface area (Å²) < 4.78 is 152. The maximum absolute atomic E-state index is 13.6. The molecule has 1 aromatic rings. The number of benzene rings is 1. The van der Waals surface area contributed by atoms with E-state index in [1.165, 1.54) is 0 Å². The molecule has 0 heterocycles. The van der Waals surface area contributed by atoms with E-state index >= 15 is 0 Å². The number of hydrogen-bond acceptors (Lipinski definition) is 2. The molecule has 0 spiro atoms. The van der Waals surface area contributed by atoms with Gasteiger partial charge >= 0.3 is 24.5 Å². The molecule has 0 aliphatic rings. The molecule has 0 amide bonds. The van der Waals surface area contributed by atoms with Gasteiger partial charge in [-0.2, -0.15) is 48.3 Å². The van der Waals surface area contributed by atoms with Gasteiger partial charge in [0.1, 0.15) is 6.61 Å². The quantitative estimate of drug-likeness (QED) is 0.323. The summed E-state index contributed by atoms with van der Waals surface area (Å²) in [4.78, 5) is 0. The first-order chi connectivity index (χ1) is 13.4. The molecule has 13 heteroatoms. The Kier molecular flexibility index (Phi) is 7.79. The van der Waals surface area contributed by atoms with Crippen molar-refractivity contribution in [2.75, 3.05) is 6.61 Å². The minimum absolute atomic E-state index is 0.351. The summed E-state index contributed by atoms with van der Waals surface area (Å²) in [5.41, 5.74) is -6.02. The highest BCUT2D eigenvalue weighted by Crippen LogP contribution is 2.53. The van der Waals surface area contributed by atoms with Crippen molar-refractivity contribution in [3.05, 3.63) is 35.4 Å². The zero-order chi connectivity index (χ0) is 23.6. The molecule has 1 rings (SSSR count). The third-order valence-electron chi connectivity index (χ3n) is 3.95. The zero-order valence-electron chi connectivity index (χ0n) is 15.5. The SMILES string of the molecule is CCCc1ccc(C(OC(C)OCC(F)(F)C(F)(F)F)(C(F)(F)F)C(F)(F)F)cc1. The van der Waals surface area contributed by atoms with Crippen molar-refractivity contribution < 1.29 is 57.8 Å². The lowest BCUT2D eigenvalue weighted by Crippen LogP contribution is -2.57. The lowest BCUT2D eigenvalue weighted by atomic mass is 9.90. The van der Waals surface area contributed by atoms with Crippen LogP contribution in [0.2, 0.25) is 0 Å². The average Bonchev–Trinajstić information content (AvgIpc) is 2.56.